The van der Waals surface area contributed by atoms with Crippen LogP contribution in [0.1, 0.15) is 103 Å². The first-order valence-electron chi connectivity index (χ1n) is 19.7. The Balaban J connectivity index is 1.06. The summed E-state index contributed by atoms with van der Waals surface area (Å²) in [6, 6.07) is 27.2. The second-order valence-electron chi connectivity index (χ2n) is 16.0. The zero-order valence-electron chi connectivity index (χ0n) is 31.5. The Bertz CT molecular complexity index is 1910. The van der Waals surface area contributed by atoms with E-state index in [1.54, 1.807) is 24.3 Å². The van der Waals surface area contributed by atoms with Crippen LogP contribution in [0.15, 0.2) is 139 Å². The Morgan fingerprint density at radius 2 is 1.35 bits per heavy atom. The minimum absolute atomic E-state index is 0.160. The molecule has 7 atom stereocenters. The van der Waals surface area contributed by atoms with E-state index in [4.69, 9.17) is 14.2 Å². The number of ether oxygens (including phenoxy) is 3. The maximum atomic E-state index is 13.2. The van der Waals surface area contributed by atoms with E-state index in [9.17, 15) is 14.4 Å². The van der Waals surface area contributed by atoms with E-state index in [0.29, 0.717) is 53.2 Å². The quantitative estimate of drug-likeness (QED) is 0.111. The number of carbonyl (C=O) groups excluding carboxylic acids is 3. The molecule has 0 amide bonds. The highest BCUT2D eigenvalue weighted by Crippen LogP contribution is 2.59. The average Bonchev–Trinajstić information content (AvgIpc) is 3.98. The normalized spacial score (nSPS) is 28.0. The van der Waals surface area contributed by atoms with Gasteiger partial charge in [0.25, 0.3) is 0 Å². The lowest BCUT2D eigenvalue weighted by Crippen LogP contribution is -2.35. The molecule has 0 bridgehead atoms. The van der Waals surface area contributed by atoms with Crippen molar-refractivity contribution in [2.45, 2.75) is 89.9 Å². The van der Waals surface area contributed by atoms with Gasteiger partial charge in [0.05, 0.1) is 16.7 Å². The van der Waals surface area contributed by atoms with Gasteiger partial charge in [0.1, 0.15) is 18.3 Å². The van der Waals surface area contributed by atoms with E-state index in [-0.39, 0.29) is 23.5 Å². The molecule has 4 fully saturated rings. The number of carbonyl (C=O) groups is 3. The van der Waals surface area contributed by atoms with Gasteiger partial charge in [0.15, 0.2) is 0 Å². The molecule has 0 unspecified atom stereocenters. The predicted molar refractivity (Wildman–Crippen MR) is 211 cm³/mol. The maximum absolute atomic E-state index is 13.2. The molecule has 6 nitrogen and oxygen atoms in total. The molecular formula is C48H52O6. The lowest BCUT2D eigenvalue weighted by molar-refractivity contribution is 0.00212. The molecule has 3 aromatic carbocycles. The highest BCUT2D eigenvalue weighted by Gasteiger charge is 2.50. The van der Waals surface area contributed by atoms with Crippen LogP contribution in [0.2, 0.25) is 0 Å². The highest BCUT2D eigenvalue weighted by atomic mass is 16.6. The van der Waals surface area contributed by atoms with E-state index in [1.807, 2.05) is 66.7 Å². The van der Waals surface area contributed by atoms with E-state index >= 15 is 0 Å². The van der Waals surface area contributed by atoms with Crippen molar-refractivity contribution in [1.82, 2.24) is 0 Å². The monoisotopic (exact) mass is 724 g/mol. The molecule has 7 rings (SSSR count). The van der Waals surface area contributed by atoms with Crippen LogP contribution in [0, 0.1) is 29.1 Å². The Hall–Kier alpha value is -4.97. The number of hydrogen-bond donors (Lipinski definition) is 0. The molecule has 4 saturated carbocycles. The first-order chi connectivity index (χ1) is 26.2. The van der Waals surface area contributed by atoms with Crippen LogP contribution in [-0.2, 0) is 14.2 Å². The third-order valence-electron chi connectivity index (χ3n) is 12.4. The van der Waals surface area contributed by atoms with E-state index in [2.05, 4.69) is 44.7 Å². The number of allylic oxidation sites excluding steroid dienone is 4. The highest BCUT2D eigenvalue weighted by molar-refractivity contribution is 5.90. The summed E-state index contributed by atoms with van der Waals surface area (Å²) in [6.07, 6.45) is 16.4. The van der Waals surface area contributed by atoms with Crippen LogP contribution in [0.25, 0.3) is 0 Å². The second kappa shape index (κ2) is 16.6. The molecule has 0 radical (unpaired) electrons. The van der Waals surface area contributed by atoms with Crippen LogP contribution in [0.3, 0.4) is 0 Å². The molecule has 54 heavy (non-hydrogen) atoms. The van der Waals surface area contributed by atoms with Gasteiger partial charge in [-0.3, -0.25) is 0 Å². The Kier molecular flexibility index (Phi) is 11.5. The minimum Gasteiger partial charge on any atom is -0.458 e. The van der Waals surface area contributed by atoms with Crippen LogP contribution in [-0.4, -0.2) is 36.2 Å². The molecule has 0 heterocycles. The fourth-order valence-corrected chi connectivity index (χ4v) is 9.25. The molecule has 4 aliphatic carbocycles. The van der Waals surface area contributed by atoms with Gasteiger partial charge in [-0.1, -0.05) is 98.8 Å². The van der Waals surface area contributed by atoms with Crippen molar-refractivity contribution in [3.8, 4) is 0 Å². The van der Waals surface area contributed by atoms with Crippen molar-refractivity contribution in [2.75, 3.05) is 0 Å². The van der Waals surface area contributed by atoms with Crippen molar-refractivity contribution < 1.29 is 28.6 Å². The second-order valence-corrected chi connectivity index (χ2v) is 16.0. The van der Waals surface area contributed by atoms with Gasteiger partial charge < -0.3 is 14.2 Å². The number of hydrogen-bond acceptors (Lipinski definition) is 6. The molecule has 3 aromatic rings. The molecule has 0 aliphatic heterocycles. The first-order valence-corrected chi connectivity index (χ1v) is 19.7. The van der Waals surface area contributed by atoms with Crippen molar-refractivity contribution in [3.63, 3.8) is 0 Å². The van der Waals surface area contributed by atoms with E-state index < -0.39 is 18.2 Å². The SMILES string of the molecule is C=C1C(=CC=C2CCC[C@]3(C)[C@@H]([C@H](C)C=C[C@H](OC(=O)c4ccccc4)C4CC4)CC[C@@H]23)C[C@@H](OC(=O)c2ccccc2)C[C@@H]1OC(=O)c1ccccc1. The zero-order valence-corrected chi connectivity index (χ0v) is 31.5. The largest absolute Gasteiger partial charge is 0.458 e. The van der Waals surface area contributed by atoms with Crippen LogP contribution in [0.4, 0.5) is 0 Å². The zero-order chi connectivity index (χ0) is 37.7. The van der Waals surface area contributed by atoms with Crippen LogP contribution >= 0.6 is 0 Å². The number of fused-ring (bicyclic) bond motifs is 1. The van der Waals surface area contributed by atoms with Gasteiger partial charge >= 0.3 is 17.9 Å². The Labute approximate surface area is 320 Å². The van der Waals surface area contributed by atoms with Crippen molar-refractivity contribution in [2.24, 2.45) is 29.1 Å². The Morgan fingerprint density at radius 1 is 0.759 bits per heavy atom. The number of benzene rings is 3. The van der Waals surface area contributed by atoms with Gasteiger partial charge in [0, 0.05) is 12.8 Å². The molecule has 280 valence electrons. The van der Waals surface area contributed by atoms with Crippen molar-refractivity contribution in [1.29, 1.82) is 0 Å². The van der Waals surface area contributed by atoms with Gasteiger partial charge in [0.2, 0.25) is 0 Å². The summed E-state index contributed by atoms with van der Waals surface area (Å²) in [5, 5.41) is 0. The molecule has 0 aromatic heterocycles. The van der Waals surface area contributed by atoms with Gasteiger partial charge in [-0.2, -0.15) is 0 Å². The molecule has 4 aliphatic rings. The Morgan fingerprint density at radius 3 is 1.96 bits per heavy atom. The summed E-state index contributed by atoms with van der Waals surface area (Å²) in [5.74, 6) is 0.684. The van der Waals surface area contributed by atoms with Crippen molar-refractivity contribution in [3.05, 3.63) is 155 Å². The predicted octanol–water partition coefficient (Wildman–Crippen LogP) is 10.7. The number of esters is 3. The number of rotatable bonds is 11. The molecular weight excluding hydrogens is 673 g/mol. The molecule has 0 saturated heterocycles. The summed E-state index contributed by atoms with van der Waals surface area (Å²) in [7, 11) is 0. The van der Waals surface area contributed by atoms with Gasteiger partial charge in [-0.15, -0.1) is 0 Å². The van der Waals surface area contributed by atoms with E-state index in [1.165, 1.54) is 12.0 Å². The standard InChI is InChI=1S/C48H52O6/c1-32(21-28-43(35-23-24-35)53-46(50)37-16-9-5-10-17-37)41-26-27-42-34(20-13-29-48(41,42)3)22-25-39-30-40(52-45(49)36-14-7-4-8-15-36)31-44(33(39)2)54-47(51)38-18-11-6-12-19-38/h4-12,14-19,21-22,25,28,32,35,40-44H,2,13,20,23-24,26-27,29-31H2,1,3H3/t32-,40-,41-,42+,43+,44+,48-/m1/s1. The maximum Gasteiger partial charge on any atom is 0.338 e. The lowest BCUT2D eigenvalue weighted by Gasteiger charge is -2.44. The smallest absolute Gasteiger partial charge is 0.338 e. The van der Waals surface area contributed by atoms with Crippen molar-refractivity contribution >= 4 is 17.9 Å². The summed E-state index contributed by atoms with van der Waals surface area (Å²) in [4.78, 5) is 39.2. The topological polar surface area (TPSA) is 78.9 Å². The van der Waals surface area contributed by atoms with Crippen LogP contribution in [0.5, 0.6) is 0 Å². The average molecular weight is 725 g/mol. The first kappa shape index (κ1) is 37.3. The minimum atomic E-state index is -0.615. The van der Waals surface area contributed by atoms with E-state index in [0.717, 1.165) is 49.7 Å². The molecule has 0 spiro atoms. The van der Waals surface area contributed by atoms with Gasteiger partial charge in [-0.05, 0) is 128 Å². The van der Waals surface area contributed by atoms with Gasteiger partial charge in [-0.25, -0.2) is 14.4 Å². The lowest BCUT2D eigenvalue weighted by atomic mass is 9.61. The summed E-state index contributed by atoms with van der Waals surface area (Å²) in [5.41, 5.74) is 4.87. The fraction of sp³-hybridized carbons (Fsp3) is 0.396. The van der Waals surface area contributed by atoms with Crippen LogP contribution < -0.4 is 0 Å². The summed E-state index contributed by atoms with van der Waals surface area (Å²) < 4.78 is 18.1. The third-order valence-corrected chi connectivity index (χ3v) is 12.4. The third kappa shape index (κ3) is 8.54. The summed E-state index contributed by atoms with van der Waals surface area (Å²) in [6.45, 7) is 9.22. The fourth-order valence-electron chi connectivity index (χ4n) is 9.25. The molecule has 6 heteroatoms. The summed E-state index contributed by atoms with van der Waals surface area (Å²) >= 11 is 0. The molecule has 0 N–H and O–H groups in total.